The van der Waals surface area contributed by atoms with Crippen LogP contribution in [0.15, 0.2) is 53.4 Å². The smallest absolute Gasteiger partial charge is 0.407 e. The molecule has 3 heterocycles. The third kappa shape index (κ3) is 8.14. The second-order valence-corrected chi connectivity index (χ2v) is 14.2. The van der Waals surface area contributed by atoms with Gasteiger partial charge in [-0.1, -0.05) is 57.5 Å². The number of hydrogen-bond acceptors (Lipinski definition) is 9. The van der Waals surface area contributed by atoms with E-state index in [2.05, 4.69) is 27.8 Å². The lowest BCUT2D eigenvalue weighted by molar-refractivity contribution is -0.0907. The average molecular weight is 644 g/mol. The SMILES string of the molecule is CCCCNc1n[nH]c2ccc(S(=O)(=O)N(CC(C)C)C[C@@H](O)[C@H](Cc3ccccc3)NC(=O)OC3CO[C@H]4OCC[C@@H]34)cc12. The Balaban J connectivity index is 1.35. The highest BCUT2D eigenvalue weighted by molar-refractivity contribution is 7.89. The maximum absolute atomic E-state index is 14.1. The van der Waals surface area contributed by atoms with Gasteiger partial charge in [0.1, 0.15) is 6.10 Å². The van der Waals surface area contributed by atoms with Crippen molar-refractivity contribution in [1.29, 1.82) is 0 Å². The molecule has 5 atom stereocenters. The van der Waals surface area contributed by atoms with Crippen LogP contribution in [0, 0.1) is 11.8 Å². The number of sulfonamides is 1. The minimum Gasteiger partial charge on any atom is -0.443 e. The molecule has 246 valence electrons. The van der Waals surface area contributed by atoms with Gasteiger partial charge in [-0.15, -0.1) is 0 Å². The van der Waals surface area contributed by atoms with Crippen molar-refractivity contribution in [3.05, 3.63) is 54.1 Å². The maximum atomic E-state index is 14.1. The highest BCUT2D eigenvalue weighted by Crippen LogP contribution is 2.33. The van der Waals surface area contributed by atoms with E-state index in [-0.39, 0.29) is 49.1 Å². The van der Waals surface area contributed by atoms with E-state index in [1.165, 1.54) is 4.31 Å². The molecule has 13 heteroatoms. The van der Waals surface area contributed by atoms with E-state index in [9.17, 15) is 18.3 Å². The van der Waals surface area contributed by atoms with Crippen molar-refractivity contribution in [3.8, 4) is 0 Å². The highest BCUT2D eigenvalue weighted by atomic mass is 32.2. The molecule has 45 heavy (non-hydrogen) atoms. The number of benzene rings is 2. The largest absolute Gasteiger partial charge is 0.443 e. The van der Waals surface area contributed by atoms with E-state index < -0.39 is 34.4 Å². The Kier molecular flexibility index (Phi) is 11.0. The van der Waals surface area contributed by atoms with Crippen LogP contribution in [0.1, 0.15) is 45.6 Å². The molecule has 1 aromatic heterocycles. The third-order valence-corrected chi connectivity index (χ3v) is 10.1. The minimum atomic E-state index is -4.04. The Labute approximate surface area is 264 Å². The molecule has 3 aromatic rings. The third-order valence-electron chi connectivity index (χ3n) is 8.26. The zero-order chi connectivity index (χ0) is 32.0. The van der Waals surface area contributed by atoms with Gasteiger partial charge in [0.2, 0.25) is 10.0 Å². The molecule has 2 aliphatic rings. The van der Waals surface area contributed by atoms with E-state index >= 15 is 0 Å². The molecule has 0 radical (unpaired) electrons. The Bertz CT molecular complexity index is 1520. The second kappa shape index (κ2) is 14.9. The predicted octanol–water partition coefficient (Wildman–Crippen LogP) is 3.88. The Hall–Kier alpha value is -3.23. The van der Waals surface area contributed by atoms with Crippen molar-refractivity contribution in [3.63, 3.8) is 0 Å². The van der Waals surface area contributed by atoms with Crippen molar-refractivity contribution in [2.75, 3.05) is 38.2 Å². The first-order chi connectivity index (χ1) is 21.7. The summed E-state index contributed by atoms with van der Waals surface area (Å²) < 4.78 is 46.4. The number of amides is 1. The molecule has 4 N–H and O–H groups in total. The van der Waals surface area contributed by atoms with Crippen molar-refractivity contribution in [1.82, 2.24) is 19.8 Å². The van der Waals surface area contributed by atoms with Gasteiger partial charge in [-0.3, -0.25) is 5.10 Å². The summed E-state index contributed by atoms with van der Waals surface area (Å²) in [6.45, 7) is 7.40. The molecule has 2 aromatic carbocycles. The molecule has 12 nitrogen and oxygen atoms in total. The number of alkyl carbamates (subject to hydrolysis) is 1. The number of hydrogen-bond donors (Lipinski definition) is 4. The Morgan fingerprint density at radius 3 is 2.73 bits per heavy atom. The quantitative estimate of drug-likeness (QED) is 0.181. The van der Waals surface area contributed by atoms with Gasteiger partial charge in [0.25, 0.3) is 0 Å². The summed E-state index contributed by atoms with van der Waals surface area (Å²) in [5.41, 5.74) is 1.60. The number of aromatic amines is 1. The van der Waals surface area contributed by atoms with Gasteiger partial charge in [-0.2, -0.15) is 9.40 Å². The number of rotatable bonds is 15. The summed E-state index contributed by atoms with van der Waals surface area (Å²) in [7, 11) is -4.04. The molecule has 2 fully saturated rings. The topological polar surface area (TPSA) is 155 Å². The van der Waals surface area contributed by atoms with Crippen LogP contribution in [0.5, 0.6) is 0 Å². The summed E-state index contributed by atoms with van der Waals surface area (Å²) in [5.74, 6) is 0.542. The van der Waals surface area contributed by atoms with E-state index in [0.717, 1.165) is 36.9 Å². The zero-order valence-electron chi connectivity index (χ0n) is 26.1. The normalized spacial score (nSPS) is 21.2. The number of nitrogens with one attached hydrogen (secondary N) is 3. The first kappa shape index (κ1) is 33.1. The van der Waals surface area contributed by atoms with Gasteiger partial charge in [0.05, 0.1) is 41.7 Å². The van der Waals surface area contributed by atoms with Crippen LogP contribution in [-0.4, -0.2) is 91.5 Å². The molecular weight excluding hydrogens is 598 g/mol. The van der Waals surface area contributed by atoms with Gasteiger partial charge >= 0.3 is 6.09 Å². The molecule has 5 rings (SSSR count). The lowest BCUT2D eigenvalue weighted by Gasteiger charge is -2.31. The fraction of sp³-hybridized carbons (Fsp3) is 0.562. The number of aliphatic hydroxyl groups excluding tert-OH is 1. The van der Waals surface area contributed by atoms with Crippen molar-refractivity contribution < 1.29 is 32.5 Å². The Morgan fingerprint density at radius 2 is 1.98 bits per heavy atom. The number of carbonyl (C=O) groups is 1. The van der Waals surface area contributed by atoms with Crippen molar-refractivity contribution in [2.24, 2.45) is 11.8 Å². The number of aliphatic hydroxyl groups is 1. The minimum absolute atomic E-state index is 0.0228. The number of unbranched alkanes of at least 4 members (excludes halogenated alkanes) is 1. The number of carbonyl (C=O) groups excluding carboxylic acids is 1. The first-order valence-corrected chi connectivity index (χ1v) is 17.2. The summed E-state index contributed by atoms with van der Waals surface area (Å²) >= 11 is 0. The van der Waals surface area contributed by atoms with E-state index in [1.54, 1.807) is 18.2 Å². The van der Waals surface area contributed by atoms with Crippen molar-refractivity contribution >= 4 is 32.8 Å². The van der Waals surface area contributed by atoms with E-state index in [4.69, 9.17) is 14.2 Å². The van der Waals surface area contributed by atoms with Gasteiger partial charge in [-0.25, -0.2) is 13.2 Å². The lowest BCUT2D eigenvalue weighted by atomic mass is 10.0. The fourth-order valence-corrected chi connectivity index (χ4v) is 7.50. The molecule has 0 bridgehead atoms. The monoisotopic (exact) mass is 643 g/mol. The predicted molar refractivity (Wildman–Crippen MR) is 170 cm³/mol. The van der Waals surface area contributed by atoms with Gasteiger partial charge < -0.3 is 30.0 Å². The van der Waals surface area contributed by atoms with Crippen LogP contribution in [-0.2, 0) is 30.7 Å². The standard InChI is InChI=1S/C32H45N5O7S/c1-4-5-14-33-30-25-17-23(11-12-26(25)35-36-30)45(40,41)37(18-21(2)3)19-28(38)27(16-22-9-7-6-8-10-22)34-32(39)44-29-20-43-31-24(29)13-15-42-31/h6-12,17,21,24,27-29,31,38H,4-5,13-16,18-20H2,1-3H3,(H,34,39)(H2,33,35,36)/t24-,27-,28+,29?,31+/m0/s1. The number of fused-ring (bicyclic) bond motifs is 2. The Morgan fingerprint density at radius 1 is 1.18 bits per heavy atom. The molecular formula is C32H45N5O7S. The van der Waals surface area contributed by atoms with E-state index in [0.29, 0.717) is 17.8 Å². The fourth-order valence-electron chi connectivity index (χ4n) is 5.86. The highest BCUT2D eigenvalue weighted by Gasteiger charge is 2.44. The number of anilines is 1. The summed E-state index contributed by atoms with van der Waals surface area (Å²) in [6, 6.07) is 13.5. The second-order valence-electron chi connectivity index (χ2n) is 12.3. The van der Waals surface area contributed by atoms with Gasteiger partial charge in [0, 0.05) is 25.0 Å². The van der Waals surface area contributed by atoms with Crippen LogP contribution in [0.4, 0.5) is 10.6 Å². The maximum Gasteiger partial charge on any atom is 0.407 e. The van der Waals surface area contributed by atoms with Crippen LogP contribution in [0.3, 0.4) is 0 Å². The number of aromatic nitrogens is 2. The molecule has 2 saturated heterocycles. The molecule has 0 saturated carbocycles. The van der Waals surface area contributed by atoms with Crippen LogP contribution in [0.25, 0.3) is 10.9 Å². The number of nitrogens with zero attached hydrogens (tertiary/aromatic N) is 2. The number of ether oxygens (including phenoxy) is 3. The lowest BCUT2D eigenvalue weighted by Crippen LogP contribution is -2.51. The van der Waals surface area contributed by atoms with E-state index in [1.807, 2.05) is 44.2 Å². The number of H-pyrrole nitrogens is 1. The van der Waals surface area contributed by atoms with Crippen LogP contribution in [0.2, 0.25) is 0 Å². The summed E-state index contributed by atoms with van der Waals surface area (Å²) in [5, 5.41) is 25.6. The van der Waals surface area contributed by atoms with Gasteiger partial charge in [-0.05, 0) is 48.9 Å². The van der Waals surface area contributed by atoms with Crippen LogP contribution >= 0.6 is 0 Å². The molecule has 0 spiro atoms. The van der Waals surface area contributed by atoms with Crippen molar-refractivity contribution in [2.45, 2.75) is 75.9 Å². The summed E-state index contributed by atoms with van der Waals surface area (Å²) in [6.07, 6.45) is 0.238. The molecule has 1 unspecified atom stereocenters. The molecule has 1 amide bonds. The molecule has 2 aliphatic heterocycles. The summed E-state index contributed by atoms with van der Waals surface area (Å²) in [4.78, 5) is 13.2. The first-order valence-electron chi connectivity index (χ1n) is 15.8. The zero-order valence-corrected chi connectivity index (χ0v) is 27.0. The van der Waals surface area contributed by atoms with Gasteiger partial charge in [0.15, 0.2) is 12.1 Å². The molecule has 0 aliphatic carbocycles. The average Bonchev–Trinajstić information content (AvgIpc) is 3.74. The van der Waals surface area contributed by atoms with Crippen LogP contribution < -0.4 is 10.6 Å².